The number of rotatable bonds is 3. The van der Waals surface area contributed by atoms with Crippen molar-refractivity contribution in [2.24, 2.45) is 5.92 Å². The molecule has 3 fully saturated rings. The lowest BCUT2D eigenvalue weighted by Crippen LogP contribution is -2.58. The Hall–Kier alpha value is -0.530. The summed E-state index contributed by atoms with van der Waals surface area (Å²) in [6, 6.07) is 0. The van der Waals surface area contributed by atoms with E-state index in [4.69, 9.17) is 23.7 Å². The summed E-state index contributed by atoms with van der Waals surface area (Å²) in [5.41, 5.74) is 0. The molecule has 1 saturated carbocycles. The van der Waals surface area contributed by atoms with Gasteiger partial charge in [0.1, 0.15) is 6.61 Å². The number of ether oxygens (including phenoxy) is 5. The average Bonchev–Trinajstić information content (AvgIpc) is 2.88. The first kappa shape index (κ1) is 17.3. The molecule has 2 spiro atoms. The fourth-order valence-electron chi connectivity index (χ4n) is 3.61. The van der Waals surface area contributed by atoms with Gasteiger partial charge in [0, 0.05) is 25.9 Å². The molecule has 1 aliphatic carbocycles. The highest BCUT2D eigenvalue weighted by molar-refractivity contribution is 5.89. The Labute approximate surface area is 137 Å². The third kappa shape index (κ3) is 3.20. The number of hydrogen-bond donors (Lipinski definition) is 0. The van der Waals surface area contributed by atoms with Gasteiger partial charge in [0.05, 0.1) is 12.7 Å². The van der Waals surface area contributed by atoms with Crippen molar-refractivity contribution >= 4 is 5.78 Å². The molecule has 6 heteroatoms. The number of ketones is 1. The molecule has 2 saturated heterocycles. The van der Waals surface area contributed by atoms with Crippen molar-refractivity contribution in [3.63, 3.8) is 0 Å². The Morgan fingerprint density at radius 2 is 1.87 bits per heavy atom. The van der Waals surface area contributed by atoms with Gasteiger partial charge in [0.2, 0.25) is 0 Å². The zero-order valence-electron chi connectivity index (χ0n) is 14.6. The highest BCUT2D eigenvalue weighted by Crippen LogP contribution is 2.45. The Morgan fingerprint density at radius 1 is 1.17 bits per heavy atom. The van der Waals surface area contributed by atoms with Gasteiger partial charge < -0.3 is 23.7 Å². The molecule has 6 nitrogen and oxygen atoms in total. The third-order valence-electron chi connectivity index (χ3n) is 5.25. The first-order chi connectivity index (χ1) is 10.8. The van der Waals surface area contributed by atoms with Crippen LogP contribution in [0.5, 0.6) is 0 Å². The summed E-state index contributed by atoms with van der Waals surface area (Å²) in [6.07, 6.45) is 4.62. The van der Waals surface area contributed by atoms with Gasteiger partial charge in [-0.2, -0.15) is 0 Å². The quantitative estimate of drug-likeness (QED) is 0.741. The Bertz CT molecular complexity index is 456. The Kier molecular flexibility index (Phi) is 4.57. The highest BCUT2D eigenvalue weighted by atomic mass is 16.8. The summed E-state index contributed by atoms with van der Waals surface area (Å²) < 4.78 is 29.1. The van der Waals surface area contributed by atoms with Crippen LogP contribution in [-0.4, -0.2) is 49.6 Å². The van der Waals surface area contributed by atoms with E-state index in [1.165, 1.54) is 6.42 Å². The maximum Gasteiger partial charge on any atom is 0.256 e. The predicted octanol–water partition coefficient (Wildman–Crippen LogP) is 2.39. The molecule has 2 aliphatic heterocycles. The van der Waals surface area contributed by atoms with Crippen molar-refractivity contribution in [3.8, 4) is 0 Å². The molecular formula is C17H28O6. The van der Waals surface area contributed by atoms with Gasteiger partial charge >= 0.3 is 0 Å². The van der Waals surface area contributed by atoms with Crippen LogP contribution >= 0.6 is 0 Å². The minimum Gasteiger partial charge on any atom is -0.354 e. The number of Topliss-reactive ketones (excluding diaryl/α,β-unsaturated/α-hetero) is 1. The zero-order valence-corrected chi connectivity index (χ0v) is 14.6. The monoisotopic (exact) mass is 328 g/mol. The van der Waals surface area contributed by atoms with Gasteiger partial charge in [-0.15, -0.1) is 0 Å². The van der Waals surface area contributed by atoms with E-state index in [1.54, 1.807) is 7.11 Å². The summed E-state index contributed by atoms with van der Waals surface area (Å²) in [5, 5.41) is 0. The second-order valence-corrected chi connectivity index (χ2v) is 7.34. The van der Waals surface area contributed by atoms with E-state index in [2.05, 4.69) is 0 Å². The van der Waals surface area contributed by atoms with Crippen molar-refractivity contribution < 1.29 is 28.5 Å². The fourth-order valence-corrected chi connectivity index (χ4v) is 3.61. The molecule has 3 rings (SSSR count). The van der Waals surface area contributed by atoms with Crippen molar-refractivity contribution in [3.05, 3.63) is 0 Å². The van der Waals surface area contributed by atoms with Crippen LogP contribution in [-0.2, 0) is 28.5 Å². The molecule has 0 radical (unpaired) electrons. The number of methoxy groups -OCH3 is 1. The second-order valence-electron chi connectivity index (χ2n) is 7.34. The molecule has 0 unspecified atom stereocenters. The lowest BCUT2D eigenvalue weighted by atomic mass is 9.90. The Morgan fingerprint density at radius 3 is 2.52 bits per heavy atom. The maximum atomic E-state index is 12.9. The highest BCUT2D eigenvalue weighted by Gasteiger charge is 2.60. The minimum absolute atomic E-state index is 0.0944. The molecule has 132 valence electrons. The molecule has 3 aliphatic rings. The van der Waals surface area contributed by atoms with E-state index in [1.807, 2.05) is 20.8 Å². The van der Waals surface area contributed by atoms with Gasteiger partial charge in [-0.05, 0) is 26.7 Å². The van der Waals surface area contributed by atoms with Gasteiger partial charge in [-0.25, -0.2) is 0 Å². The van der Waals surface area contributed by atoms with E-state index in [0.717, 1.165) is 25.7 Å². The first-order valence-electron chi connectivity index (χ1n) is 8.57. The molecule has 23 heavy (non-hydrogen) atoms. The molecule has 0 aromatic carbocycles. The Balaban J connectivity index is 1.69. The largest absolute Gasteiger partial charge is 0.354 e. The first-order valence-corrected chi connectivity index (χ1v) is 8.57. The molecule has 3 atom stereocenters. The van der Waals surface area contributed by atoms with Crippen LogP contribution in [0.2, 0.25) is 0 Å². The van der Waals surface area contributed by atoms with Crippen LogP contribution in [0.15, 0.2) is 0 Å². The number of carbonyl (C=O) groups excluding carboxylic acids is 1. The third-order valence-corrected chi connectivity index (χ3v) is 5.25. The number of hydrogen-bond acceptors (Lipinski definition) is 6. The van der Waals surface area contributed by atoms with E-state index >= 15 is 0 Å². The van der Waals surface area contributed by atoms with Gasteiger partial charge in [0.15, 0.2) is 17.4 Å². The zero-order chi connectivity index (χ0) is 16.7. The SMILES string of the molecule is COC(C)(C)O[C@@H]1CO[C@]2(COC3(CCCCC3)O2)C(=O)[C@@H]1C. The summed E-state index contributed by atoms with van der Waals surface area (Å²) >= 11 is 0. The molecule has 0 amide bonds. The van der Waals surface area contributed by atoms with Gasteiger partial charge in [0.25, 0.3) is 5.79 Å². The van der Waals surface area contributed by atoms with Crippen molar-refractivity contribution in [1.82, 2.24) is 0 Å². The smallest absolute Gasteiger partial charge is 0.256 e. The van der Waals surface area contributed by atoms with Gasteiger partial charge in [-0.3, -0.25) is 4.79 Å². The molecule has 0 bridgehead atoms. The van der Waals surface area contributed by atoms with Crippen LogP contribution in [0.25, 0.3) is 0 Å². The van der Waals surface area contributed by atoms with E-state index in [-0.39, 0.29) is 24.4 Å². The molecule has 2 heterocycles. The van der Waals surface area contributed by atoms with Crippen LogP contribution in [0.1, 0.15) is 52.9 Å². The van der Waals surface area contributed by atoms with Crippen molar-refractivity contribution in [2.75, 3.05) is 20.3 Å². The normalized spacial score (nSPS) is 37.7. The van der Waals surface area contributed by atoms with Crippen LogP contribution in [0, 0.1) is 5.92 Å². The van der Waals surface area contributed by atoms with Crippen molar-refractivity contribution in [1.29, 1.82) is 0 Å². The van der Waals surface area contributed by atoms with Gasteiger partial charge in [-0.1, -0.05) is 13.3 Å². The van der Waals surface area contributed by atoms with Crippen LogP contribution < -0.4 is 0 Å². The fraction of sp³-hybridized carbons (Fsp3) is 0.941. The molecular weight excluding hydrogens is 300 g/mol. The van der Waals surface area contributed by atoms with Crippen LogP contribution in [0.3, 0.4) is 0 Å². The maximum absolute atomic E-state index is 12.9. The average molecular weight is 328 g/mol. The van der Waals surface area contributed by atoms with E-state index < -0.39 is 17.4 Å². The molecule has 0 aromatic heterocycles. The lowest BCUT2D eigenvalue weighted by Gasteiger charge is -2.42. The molecule has 0 aromatic rings. The summed E-state index contributed by atoms with van der Waals surface area (Å²) in [5.74, 6) is -3.07. The standard InChI is InChI=1S/C17H28O6/c1-12-13(22-15(2,3)19-4)10-20-17(14(12)18)11-21-16(23-17)8-6-5-7-9-16/h12-13H,5-11H2,1-4H3/t12-,13-,17+/m1/s1. The summed E-state index contributed by atoms with van der Waals surface area (Å²) in [6.45, 7) is 5.97. The van der Waals surface area contributed by atoms with Crippen molar-refractivity contribution in [2.45, 2.75) is 76.3 Å². The topological polar surface area (TPSA) is 63.2 Å². The van der Waals surface area contributed by atoms with E-state index in [0.29, 0.717) is 6.61 Å². The summed E-state index contributed by atoms with van der Waals surface area (Å²) in [7, 11) is 1.58. The number of carbonyl (C=O) groups is 1. The minimum atomic E-state index is -1.26. The predicted molar refractivity (Wildman–Crippen MR) is 81.7 cm³/mol. The summed E-state index contributed by atoms with van der Waals surface area (Å²) in [4.78, 5) is 12.9. The second kappa shape index (κ2) is 6.08. The molecule has 0 N–H and O–H groups in total. The lowest BCUT2D eigenvalue weighted by molar-refractivity contribution is -0.303. The van der Waals surface area contributed by atoms with Crippen LogP contribution in [0.4, 0.5) is 0 Å². The van der Waals surface area contributed by atoms with E-state index in [9.17, 15) is 4.79 Å².